The molecule has 1 aliphatic rings. The third-order valence-corrected chi connectivity index (χ3v) is 2.15. The molecule has 3 nitrogen and oxygen atoms in total. The van der Waals surface area contributed by atoms with Gasteiger partial charge in [0.1, 0.15) is 0 Å². The monoisotopic (exact) mass is 173 g/mol. The Kier molecular flexibility index (Phi) is 3.50. The van der Waals surface area contributed by atoms with E-state index in [1.807, 2.05) is 13.8 Å². The fourth-order valence-corrected chi connectivity index (χ4v) is 1.73. The highest BCUT2D eigenvalue weighted by Gasteiger charge is 2.38. The highest BCUT2D eigenvalue weighted by atomic mass is 16.7. The van der Waals surface area contributed by atoms with Gasteiger partial charge in [0.05, 0.1) is 6.54 Å². The second-order valence-corrected chi connectivity index (χ2v) is 3.26. The molecule has 1 fully saturated rings. The van der Waals surface area contributed by atoms with Crippen LogP contribution in [-0.4, -0.2) is 31.6 Å². The molecular formula is C9H19NO2. The van der Waals surface area contributed by atoms with Gasteiger partial charge in [-0.25, -0.2) is 0 Å². The Morgan fingerprint density at radius 3 is 2.25 bits per heavy atom. The van der Waals surface area contributed by atoms with Crippen molar-refractivity contribution in [2.75, 3.05) is 19.8 Å². The third kappa shape index (κ3) is 2.19. The summed E-state index contributed by atoms with van der Waals surface area (Å²) in [5, 5.41) is 3.33. The van der Waals surface area contributed by atoms with Gasteiger partial charge in [0, 0.05) is 25.7 Å². The zero-order chi connectivity index (χ0) is 9.03. The van der Waals surface area contributed by atoms with Crippen LogP contribution < -0.4 is 5.32 Å². The first-order chi connectivity index (χ1) is 5.72. The smallest absolute Gasteiger partial charge is 0.182 e. The minimum Gasteiger partial charge on any atom is -0.349 e. The van der Waals surface area contributed by atoms with Crippen LogP contribution in [0.25, 0.3) is 0 Å². The van der Waals surface area contributed by atoms with Gasteiger partial charge in [-0.3, -0.25) is 0 Å². The highest BCUT2D eigenvalue weighted by Crippen LogP contribution is 2.24. The molecule has 3 heteroatoms. The number of hydrogen-bond donors (Lipinski definition) is 1. The van der Waals surface area contributed by atoms with Crippen LogP contribution in [0.15, 0.2) is 0 Å². The van der Waals surface area contributed by atoms with Crippen LogP contribution in [0.5, 0.6) is 0 Å². The Morgan fingerprint density at radius 1 is 1.33 bits per heavy atom. The van der Waals surface area contributed by atoms with Gasteiger partial charge in [-0.15, -0.1) is 0 Å². The van der Waals surface area contributed by atoms with Gasteiger partial charge in [0.15, 0.2) is 5.79 Å². The second-order valence-electron chi connectivity index (χ2n) is 3.26. The minimum absolute atomic E-state index is 0.344. The van der Waals surface area contributed by atoms with Crippen molar-refractivity contribution in [1.82, 2.24) is 5.32 Å². The number of hydrogen-bond acceptors (Lipinski definition) is 3. The van der Waals surface area contributed by atoms with Gasteiger partial charge in [-0.2, -0.15) is 0 Å². The first kappa shape index (κ1) is 9.96. The number of rotatable bonds is 4. The molecule has 0 spiro atoms. The van der Waals surface area contributed by atoms with Crippen LogP contribution in [0.1, 0.15) is 27.2 Å². The Labute approximate surface area is 74.4 Å². The molecule has 0 aromatic rings. The van der Waals surface area contributed by atoms with Crippen molar-refractivity contribution in [1.29, 1.82) is 0 Å². The average Bonchev–Trinajstić information content (AvgIpc) is 2.34. The summed E-state index contributed by atoms with van der Waals surface area (Å²) < 4.78 is 11.2. The Bertz CT molecular complexity index is 127. The minimum atomic E-state index is -0.344. The van der Waals surface area contributed by atoms with Crippen LogP contribution >= 0.6 is 0 Å². The molecule has 0 radical (unpaired) electrons. The summed E-state index contributed by atoms with van der Waals surface area (Å²) in [4.78, 5) is 0. The van der Waals surface area contributed by atoms with E-state index in [1.165, 1.54) is 0 Å². The van der Waals surface area contributed by atoms with E-state index in [1.54, 1.807) is 0 Å². The predicted molar refractivity (Wildman–Crippen MR) is 48.1 cm³/mol. The summed E-state index contributed by atoms with van der Waals surface area (Å²) in [5.41, 5.74) is 0. The van der Waals surface area contributed by atoms with E-state index in [9.17, 15) is 0 Å². The molecule has 0 amide bonds. The standard InChI is InChI=1S/C9H19NO2/c1-4-11-9(12-5-2)6-8(3)10-7-9/h8,10H,4-7H2,1-3H3/t8-/m0/s1. The maximum Gasteiger partial charge on any atom is 0.182 e. The first-order valence-electron chi connectivity index (χ1n) is 4.73. The van der Waals surface area contributed by atoms with Gasteiger partial charge in [0.2, 0.25) is 0 Å². The van der Waals surface area contributed by atoms with E-state index < -0.39 is 0 Å². The summed E-state index contributed by atoms with van der Waals surface area (Å²) in [5.74, 6) is -0.344. The molecule has 0 aromatic carbocycles. The van der Waals surface area contributed by atoms with Crippen molar-refractivity contribution in [2.45, 2.75) is 39.0 Å². The van der Waals surface area contributed by atoms with Crippen LogP contribution in [0, 0.1) is 0 Å². The van der Waals surface area contributed by atoms with E-state index in [0.29, 0.717) is 19.3 Å². The van der Waals surface area contributed by atoms with Crippen LogP contribution in [-0.2, 0) is 9.47 Å². The Hall–Kier alpha value is -0.120. The summed E-state index contributed by atoms with van der Waals surface area (Å²) >= 11 is 0. The molecule has 1 saturated heterocycles. The molecule has 0 bridgehead atoms. The van der Waals surface area contributed by atoms with E-state index in [2.05, 4.69) is 12.2 Å². The molecule has 0 unspecified atom stereocenters. The fraction of sp³-hybridized carbons (Fsp3) is 1.00. The number of nitrogens with one attached hydrogen (secondary N) is 1. The van der Waals surface area contributed by atoms with Gasteiger partial charge in [0.25, 0.3) is 0 Å². The lowest BCUT2D eigenvalue weighted by Gasteiger charge is -2.27. The van der Waals surface area contributed by atoms with Crippen molar-refractivity contribution < 1.29 is 9.47 Å². The molecule has 1 atom stereocenters. The topological polar surface area (TPSA) is 30.5 Å². The van der Waals surface area contributed by atoms with E-state index >= 15 is 0 Å². The summed E-state index contributed by atoms with van der Waals surface area (Å²) in [6, 6.07) is 0.503. The van der Waals surface area contributed by atoms with Crippen LogP contribution in [0.2, 0.25) is 0 Å². The first-order valence-corrected chi connectivity index (χ1v) is 4.73. The average molecular weight is 173 g/mol. The van der Waals surface area contributed by atoms with Gasteiger partial charge < -0.3 is 14.8 Å². The van der Waals surface area contributed by atoms with E-state index in [4.69, 9.17) is 9.47 Å². The molecule has 1 aliphatic heterocycles. The highest BCUT2D eigenvalue weighted by molar-refractivity contribution is 4.86. The maximum absolute atomic E-state index is 5.62. The molecule has 12 heavy (non-hydrogen) atoms. The normalized spacial score (nSPS) is 27.8. The Balaban J connectivity index is 2.48. The summed E-state index contributed by atoms with van der Waals surface area (Å²) in [6.07, 6.45) is 0.953. The lowest BCUT2D eigenvalue weighted by molar-refractivity contribution is -0.219. The largest absolute Gasteiger partial charge is 0.349 e. The van der Waals surface area contributed by atoms with Crippen molar-refractivity contribution in [3.05, 3.63) is 0 Å². The SMILES string of the molecule is CCOC1(OCC)CN[C@@H](C)C1. The van der Waals surface area contributed by atoms with Crippen LogP contribution in [0.4, 0.5) is 0 Å². The molecule has 1 N–H and O–H groups in total. The number of ether oxygens (including phenoxy) is 2. The van der Waals surface area contributed by atoms with Crippen molar-refractivity contribution >= 4 is 0 Å². The van der Waals surface area contributed by atoms with Gasteiger partial charge in [-0.05, 0) is 20.8 Å². The zero-order valence-corrected chi connectivity index (χ0v) is 8.22. The lowest BCUT2D eigenvalue weighted by Crippen LogP contribution is -2.38. The van der Waals surface area contributed by atoms with Gasteiger partial charge in [-0.1, -0.05) is 0 Å². The van der Waals surface area contributed by atoms with Crippen LogP contribution in [0.3, 0.4) is 0 Å². The lowest BCUT2D eigenvalue weighted by atomic mass is 10.2. The maximum atomic E-state index is 5.62. The van der Waals surface area contributed by atoms with Crippen molar-refractivity contribution in [2.24, 2.45) is 0 Å². The molecule has 0 aliphatic carbocycles. The third-order valence-electron chi connectivity index (χ3n) is 2.15. The van der Waals surface area contributed by atoms with E-state index in [-0.39, 0.29) is 5.79 Å². The van der Waals surface area contributed by atoms with Crippen molar-refractivity contribution in [3.8, 4) is 0 Å². The second kappa shape index (κ2) is 4.21. The fourth-order valence-electron chi connectivity index (χ4n) is 1.73. The predicted octanol–water partition coefficient (Wildman–Crippen LogP) is 1.14. The molecule has 72 valence electrons. The molecule has 1 rings (SSSR count). The molecule has 0 saturated carbocycles. The summed E-state index contributed by atoms with van der Waals surface area (Å²) in [7, 11) is 0. The summed E-state index contributed by atoms with van der Waals surface area (Å²) in [6.45, 7) is 8.41. The van der Waals surface area contributed by atoms with Gasteiger partial charge >= 0.3 is 0 Å². The Morgan fingerprint density at radius 2 is 1.92 bits per heavy atom. The zero-order valence-electron chi connectivity index (χ0n) is 8.22. The van der Waals surface area contributed by atoms with Crippen molar-refractivity contribution in [3.63, 3.8) is 0 Å². The van der Waals surface area contributed by atoms with E-state index in [0.717, 1.165) is 13.0 Å². The molecule has 0 aromatic heterocycles. The molecule has 1 heterocycles. The molecular weight excluding hydrogens is 154 g/mol. The quantitative estimate of drug-likeness (QED) is 0.647.